The molecule has 0 bridgehead atoms. The van der Waals surface area contributed by atoms with Crippen molar-refractivity contribution in [3.05, 3.63) is 36.2 Å². The zero-order valence-electron chi connectivity index (χ0n) is 14.5. The molecule has 0 aliphatic carbocycles. The van der Waals surface area contributed by atoms with Crippen LogP contribution in [0.4, 0.5) is 0 Å². The summed E-state index contributed by atoms with van der Waals surface area (Å²) in [5.41, 5.74) is 4.73. The summed E-state index contributed by atoms with van der Waals surface area (Å²) in [6.07, 6.45) is 5.90. The van der Waals surface area contributed by atoms with E-state index in [-0.39, 0.29) is 0 Å². The molecular weight excluding hydrogens is 304 g/mol. The number of imidazole rings is 1. The number of benzene rings is 1. The van der Waals surface area contributed by atoms with Gasteiger partial charge in [-0.3, -0.25) is 10.0 Å². The molecular formula is C18H26N4O2. The van der Waals surface area contributed by atoms with Crippen LogP contribution < -0.4 is 10.8 Å². The Balaban J connectivity index is 1.93. The molecule has 130 valence electrons. The van der Waals surface area contributed by atoms with Gasteiger partial charge in [0.05, 0.1) is 17.4 Å². The molecule has 0 aliphatic heterocycles. The van der Waals surface area contributed by atoms with Gasteiger partial charge in [-0.2, -0.15) is 0 Å². The Morgan fingerprint density at radius 1 is 1.33 bits per heavy atom. The van der Waals surface area contributed by atoms with E-state index in [9.17, 15) is 4.79 Å². The Bertz CT molecular complexity index is 713. The summed E-state index contributed by atoms with van der Waals surface area (Å²) in [5.74, 6) is -0.554. The third kappa shape index (κ3) is 5.47. The van der Waals surface area contributed by atoms with Crippen LogP contribution in [0.15, 0.2) is 30.6 Å². The smallest absolute Gasteiger partial charge is 0.267 e. The van der Waals surface area contributed by atoms with Crippen molar-refractivity contribution in [1.29, 1.82) is 0 Å². The molecule has 0 unspecified atom stereocenters. The summed E-state index contributed by atoms with van der Waals surface area (Å²) in [6, 6.07) is 5.84. The van der Waals surface area contributed by atoms with Gasteiger partial charge in [0.1, 0.15) is 0 Å². The highest BCUT2D eigenvalue weighted by Crippen LogP contribution is 2.17. The normalized spacial score (nSPS) is 12.2. The highest BCUT2D eigenvalue weighted by molar-refractivity contribution is 5.91. The summed E-state index contributed by atoms with van der Waals surface area (Å²) < 4.78 is 2.12. The molecule has 0 aliphatic rings. The lowest BCUT2D eigenvalue weighted by molar-refractivity contribution is -0.124. The molecule has 0 fully saturated rings. The van der Waals surface area contributed by atoms with Gasteiger partial charge in [-0.05, 0) is 42.2 Å². The second kappa shape index (κ2) is 8.08. The van der Waals surface area contributed by atoms with E-state index < -0.39 is 5.91 Å². The van der Waals surface area contributed by atoms with Crippen LogP contribution in [0.3, 0.4) is 0 Å². The van der Waals surface area contributed by atoms with E-state index in [2.05, 4.69) is 35.6 Å². The first kappa shape index (κ1) is 18.2. The lowest BCUT2D eigenvalue weighted by Crippen LogP contribution is -2.24. The molecule has 2 aromatic rings. The van der Waals surface area contributed by atoms with Gasteiger partial charge in [0.15, 0.2) is 0 Å². The van der Waals surface area contributed by atoms with Crippen molar-refractivity contribution in [2.24, 2.45) is 5.41 Å². The van der Waals surface area contributed by atoms with Crippen LogP contribution in [0.2, 0.25) is 0 Å². The minimum atomic E-state index is -0.554. The van der Waals surface area contributed by atoms with Gasteiger partial charge in [-0.15, -0.1) is 0 Å². The number of aromatic nitrogens is 2. The molecule has 24 heavy (non-hydrogen) atoms. The lowest BCUT2D eigenvalue weighted by atomic mass is 9.92. The summed E-state index contributed by atoms with van der Waals surface area (Å²) in [6.45, 7) is 9.51. The topological polar surface area (TPSA) is 79.2 Å². The van der Waals surface area contributed by atoms with Gasteiger partial charge < -0.3 is 9.88 Å². The molecule has 0 saturated carbocycles. The van der Waals surface area contributed by atoms with Gasteiger partial charge >= 0.3 is 0 Å². The van der Waals surface area contributed by atoms with Crippen LogP contribution in [0.25, 0.3) is 17.1 Å². The van der Waals surface area contributed by atoms with Crippen LogP contribution in [-0.2, 0) is 11.3 Å². The summed E-state index contributed by atoms with van der Waals surface area (Å²) in [7, 11) is 0. The number of rotatable bonds is 7. The quantitative estimate of drug-likeness (QED) is 0.315. The van der Waals surface area contributed by atoms with Crippen molar-refractivity contribution in [1.82, 2.24) is 20.3 Å². The monoisotopic (exact) mass is 330 g/mol. The van der Waals surface area contributed by atoms with Crippen molar-refractivity contribution in [2.75, 3.05) is 13.1 Å². The molecule has 6 heteroatoms. The average Bonchev–Trinajstić information content (AvgIpc) is 2.93. The van der Waals surface area contributed by atoms with Gasteiger partial charge in [-0.1, -0.05) is 26.8 Å². The van der Waals surface area contributed by atoms with Crippen LogP contribution in [0.1, 0.15) is 32.8 Å². The zero-order valence-corrected chi connectivity index (χ0v) is 14.5. The fraction of sp³-hybridized carbons (Fsp3) is 0.444. The van der Waals surface area contributed by atoms with E-state index in [0.29, 0.717) is 5.41 Å². The maximum atomic E-state index is 11.0. The number of hydroxylamine groups is 1. The molecule has 6 nitrogen and oxygen atoms in total. The number of nitrogens with one attached hydrogen (secondary N) is 2. The van der Waals surface area contributed by atoms with Gasteiger partial charge in [-0.25, -0.2) is 10.5 Å². The molecule has 1 heterocycles. The summed E-state index contributed by atoms with van der Waals surface area (Å²) in [5, 5.41) is 11.9. The predicted octanol–water partition coefficient (Wildman–Crippen LogP) is 2.58. The minimum Gasteiger partial charge on any atom is -0.329 e. The predicted molar refractivity (Wildman–Crippen MR) is 95.6 cm³/mol. The first-order chi connectivity index (χ1) is 11.4. The Morgan fingerprint density at radius 3 is 2.83 bits per heavy atom. The molecule has 2 rings (SSSR count). The van der Waals surface area contributed by atoms with E-state index >= 15 is 0 Å². The third-order valence-electron chi connectivity index (χ3n) is 3.76. The van der Waals surface area contributed by atoms with Crippen molar-refractivity contribution in [2.45, 2.75) is 33.7 Å². The fourth-order valence-electron chi connectivity index (χ4n) is 2.36. The second-order valence-corrected chi connectivity index (χ2v) is 7.06. The Kier molecular flexibility index (Phi) is 6.11. The number of hydrogen-bond donors (Lipinski definition) is 3. The molecule has 0 atom stereocenters. The standard InChI is InChI=1S/C18H26N4O2/c1-18(2,3)8-9-19-10-11-22-13-20-15-12-14(4-6-16(15)22)5-7-17(23)21-24/h4-7,12-13,19,24H,8-11H2,1-3H3,(H,21,23)/b7-5+. The maximum absolute atomic E-state index is 11.0. The fourth-order valence-corrected chi connectivity index (χ4v) is 2.36. The van der Waals surface area contributed by atoms with Gasteiger partial charge in [0.2, 0.25) is 0 Å². The summed E-state index contributed by atoms with van der Waals surface area (Å²) in [4.78, 5) is 15.4. The van der Waals surface area contributed by atoms with E-state index in [4.69, 9.17) is 5.21 Å². The van der Waals surface area contributed by atoms with Gasteiger partial charge in [0, 0.05) is 19.2 Å². The minimum absolute atomic E-state index is 0.353. The van der Waals surface area contributed by atoms with Crippen molar-refractivity contribution >= 4 is 23.0 Å². The van der Waals surface area contributed by atoms with E-state index in [1.807, 2.05) is 24.5 Å². The Hall–Kier alpha value is -2.18. The first-order valence-corrected chi connectivity index (χ1v) is 8.17. The van der Waals surface area contributed by atoms with Crippen LogP contribution in [0, 0.1) is 5.41 Å². The molecule has 0 saturated heterocycles. The number of carbonyl (C=O) groups excluding carboxylic acids is 1. The Morgan fingerprint density at radius 2 is 2.12 bits per heavy atom. The second-order valence-electron chi connectivity index (χ2n) is 7.06. The number of nitrogens with zero attached hydrogens (tertiary/aromatic N) is 2. The third-order valence-corrected chi connectivity index (χ3v) is 3.76. The van der Waals surface area contributed by atoms with Crippen molar-refractivity contribution in [3.63, 3.8) is 0 Å². The highest BCUT2D eigenvalue weighted by atomic mass is 16.5. The van der Waals surface area contributed by atoms with Crippen LogP contribution in [0.5, 0.6) is 0 Å². The van der Waals surface area contributed by atoms with Crippen LogP contribution in [-0.4, -0.2) is 33.8 Å². The van der Waals surface area contributed by atoms with Gasteiger partial charge in [0.25, 0.3) is 5.91 Å². The van der Waals surface area contributed by atoms with Crippen molar-refractivity contribution < 1.29 is 10.0 Å². The van der Waals surface area contributed by atoms with Crippen LogP contribution >= 0.6 is 0 Å². The Labute approximate surface area is 142 Å². The number of hydrogen-bond acceptors (Lipinski definition) is 4. The number of carbonyl (C=O) groups is 1. The molecule has 0 radical (unpaired) electrons. The largest absolute Gasteiger partial charge is 0.329 e. The van der Waals surface area contributed by atoms with E-state index in [1.165, 1.54) is 6.08 Å². The number of amides is 1. The molecule has 1 aromatic heterocycles. The van der Waals surface area contributed by atoms with E-state index in [0.717, 1.165) is 42.7 Å². The average molecular weight is 330 g/mol. The lowest BCUT2D eigenvalue weighted by Gasteiger charge is -2.18. The molecule has 3 N–H and O–H groups in total. The highest BCUT2D eigenvalue weighted by Gasteiger charge is 2.08. The SMILES string of the molecule is CC(C)(C)CCNCCn1cnc2cc(/C=C/C(=O)NO)ccc21. The maximum Gasteiger partial charge on any atom is 0.267 e. The zero-order chi connectivity index (χ0) is 17.6. The first-order valence-electron chi connectivity index (χ1n) is 8.17. The van der Waals surface area contributed by atoms with E-state index in [1.54, 1.807) is 11.6 Å². The molecule has 1 aromatic carbocycles. The summed E-state index contributed by atoms with van der Waals surface area (Å²) >= 11 is 0. The molecule has 0 spiro atoms. The number of fused-ring (bicyclic) bond motifs is 1. The molecule has 1 amide bonds. The van der Waals surface area contributed by atoms with Crippen molar-refractivity contribution in [3.8, 4) is 0 Å².